The second-order valence-corrected chi connectivity index (χ2v) is 7.13. The van der Waals surface area contributed by atoms with Crippen LogP contribution in [0.25, 0.3) is 10.9 Å². The molecule has 1 saturated heterocycles. The van der Waals surface area contributed by atoms with E-state index in [4.69, 9.17) is 0 Å². The molecule has 0 bridgehead atoms. The van der Waals surface area contributed by atoms with Crippen molar-refractivity contribution in [2.24, 2.45) is 0 Å². The first-order chi connectivity index (χ1) is 12.1. The monoisotopic (exact) mass is 347 g/mol. The molecule has 0 spiro atoms. The third kappa shape index (κ3) is 3.08. The van der Waals surface area contributed by atoms with Crippen LogP contribution in [0.1, 0.15) is 50.4 Å². The summed E-state index contributed by atoms with van der Waals surface area (Å²) in [6.45, 7) is 0.383. The second-order valence-electron chi connectivity index (χ2n) is 7.13. The van der Waals surface area contributed by atoms with E-state index in [2.05, 4.69) is 9.88 Å². The van der Waals surface area contributed by atoms with Gasteiger partial charge in [-0.05, 0) is 44.4 Å². The predicted octanol–water partition coefficient (Wildman–Crippen LogP) is 3.74. The van der Waals surface area contributed by atoms with Gasteiger partial charge in [-0.25, -0.2) is 13.8 Å². The summed E-state index contributed by atoms with van der Waals surface area (Å²) in [7, 11) is 0. The van der Waals surface area contributed by atoms with Gasteiger partial charge in [0.15, 0.2) is 0 Å². The summed E-state index contributed by atoms with van der Waals surface area (Å²) in [5.41, 5.74) is 0.255. The summed E-state index contributed by atoms with van der Waals surface area (Å²) in [5.74, 6) is 0.522. The fourth-order valence-electron chi connectivity index (χ4n) is 4.49. The Balaban J connectivity index is 1.82. The summed E-state index contributed by atoms with van der Waals surface area (Å²) >= 11 is 0. The maximum absolute atomic E-state index is 13.2. The topological polar surface area (TPSA) is 38.1 Å². The molecule has 4 nitrogen and oxygen atoms in total. The Labute approximate surface area is 145 Å². The number of likely N-dealkylation sites (tertiary alicyclic amines) is 1. The molecule has 1 saturated carbocycles. The lowest BCUT2D eigenvalue weighted by Crippen LogP contribution is -2.37. The summed E-state index contributed by atoms with van der Waals surface area (Å²) in [6, 6.07) is 7.51. The molecular weight excluding hydrogens is 324 g/mol. The van der Waals surface area contributed by atoms with Gasteiger partial charge in [0.05, 0.1) is 23.5 Å². The van der Waals surface area contributed by atoms with Gasteiger partial charge in [-0.3, -0.25) is 14.3 Å². The van der Waals surface area contributed by atoms with Crippen LogP contribution < -0.4 is 5.56 Å². The minimum absolute atomic E-state index is 0.0286. The van der Waals surface area contributed by atoms with Crippen molar-refractivity contribution in [2.75, 3.05) is 6.54 Å². The lowest BCUT2D eigenvalue weighted by atomic mass is 10.1. The molecule has 1 atom stereocenters. The summed E-state index contributed by atoms with van der Waals surface area (Å²) in [5, 5.41) is 0.414. The lowest BCUT2D eigenvalue weighted by Gasteiger charge is -2.31. The number of alkyl halides is 2. The number of para-hydroxylation sites is 1. The average Bonchev–Trinajstić information content (AvgIpc) is 3.27. The minimum Gasteiger partial charge on any atom is -0.290 e. The Morgan fingerprint density at radius 1 is 1.12 bits per heavy atom. The Hall–Kier alpha value is -1.82. The molecule has 0 radical (unpaired) electrons. The van der Waals surface area contributed by atoms with Gasteiger partial charge < -0.3 is 0 Å². The number of fused-ring (bicyclic) bond motifs is 1. The van der Waals surface area contributed by atoms with Crippen LogP contribution in [0.3, 0.4) is 0 Å². The fraction of sp³-hybridized carbons (Fsp3) is 0.579. The standard InChI is InChI=1S/C19H23F2N3O/c20-17(21)12-24-18(22-15-9-4-3-8-14(15)19(24)25)16-10-5-11-23(16)13-6-1-2-7-13/h3-4,8-9,13,16-17H,1-2,5-7,10-12H2. The van der Waals surface area contributed by atoms with E-state index in [1.165, 1.54) is 17.4 Å². The zero-order valence-corrected chi connectivity index (χ0v) is 14.2. The molecule has 1 aromatic carbocycles. The van der Waals surface area contributed by atoms with Gasteiger partial charge in [-0.15, -0.1) is 0 Å². The highest BCUT2D eigenvalue weighted by molar-refractivity contribution is 5.77. The van der Waals surface area contributed by atoms with E-state index in [0.717, 1.165) is 32.2 Å². The van der Waals surface area contributed by atoms with Crippen LogP contribution in [-0.4, -0.2) is 33.5 Å². The maximum atomic E-state index is 13.2. The molecule has 1 aromatic heterocycles. The van der Waals surface area contributed by atoms with E-state index >= 15 is 0 Å². The third-order valence-corrected chi connectivity index (χ3v) is 5.60. The van der Waals surface area contributed by atoms with Crippen molar-refractivity contribution in [1.82, 2.24) is 14.5 Å². The molecule has 1 unspecified atom stereocenters. The van der Waals surface area contributed by atoms with Crippen molar-refractivity contribution in [3.63, 3.8) is 0 Å². The molecule has 6 heteroatoms. The molecule has 0 amide bonds. The summed E-state index contributed by atoms with van der Waals surface area (Å²) in [4.78, 5) is 19.9. The molecule has 1 aliphatic carbocycles. The van der Waals surface area contributed by atoms with Crippen LogP contribution in [0, 0.1) is 0 Å². The summed E-state index contributed by atoms with van der Waals surface area (Å²) in [6.07, 6.45) is 4.10. The van der Waals surface area contributed by atoms with E-state index in [-0.39, 0.29) is 11.6 Å². The van der Waals surface area contributed by atoms with Crippen molar-refractivity contribution in [2.45, 2.75) is 63.6 Å². The highest BCUT2D eigenvalue weighted by Crippen LogP contribution is 2.37. The highest BCUT2D eigenvalue weighted by Gasteiger charge is 2.36. The van der Waals surface area contributed by atoms with Gasteiger partial charge in [0.1, 0.15) is 5.82 Å². The van der Waals surface area contributed by atoms with Crippen LogP contribution in [0.5, 0.6) is 0 Å². The van der Waals surface area contributed by atoms with Crippen LogP contribution >= 0.6 is 0 Å². The van der Waals surface area contributed by atoms with Crippen molar-refractivity contribution < 1.29 is 8.78 Å². The molecule has 2 heterocycles. The van der Waals surface area contributed by atoms with Gasteiger partial charge >= 0.3 is 0 Å². The first-order valence-electron chi connectivity index (χ1n) is 9.18. The average molecular weight is 347 g/mol. The molecule has 25 heavy (non-hydrogen) atoms. The van der Waals surface area contributed by atoms with E-state index in [1.807, 2.05) is 6.07 Å². The van der Waals surface area contributed by atoms with Gasteiger partial charge in [0.25, 0.3) is 12.0 Å². The minimum atomic E-state index is -2.57. The lowest BCUT2D eigenvalue weighted by molar-refractivity contribution is 0.117. The normalized spacial score (nSPS) is 22.4. The van der Waals surface area contributed by atoms with E-state index in [1.54, 1.807) is 18.2 Å². The van der Waals surface area contributed by atoms with Gasteiger partial charge in [0, 0.05) is 6.04 Å². The van der Waals surface area contributed by atoms with Crippen LogP contribution in [0.4, 0.5) is 8.78 Å². The van der Waals surface area contributed by atoms with Crippen molar-refractivity contribution in [1.29, 1.82) is 0 Å². The molecule has 4 rings (SSSR count). The van der Waals surface area contributed by atoms with Crippen LogP contribution in [-0.2, 0) is 6.54 Å². The van der Waals surface area contributed by atoms with Crippen molar-refractivity contribution >= 4 is 10.9 Å². The molecule has 2 aliphatic rings. The summed E-state index contributed by atoms with van der Waals surface area (Å²) < 4.78 is 27.6. The van der Waals surface area contributed by atoms with E-state index in [0.29, 0.717) is 22.8 Å². The quantitative estimate of drug-likeness (QED) is 0.846. The van der Waals surface area contributed by atoms with Crippen LogP contribution in [0.2, 0.25) is 0 Å². The number of halogens is 2. The number of hydrogen-bond donors (Lipinski definition) is 0. The zero-order valence-electron chi connectivity index (χ0n) is 14.2. The number of benzene rings is 1. The SMILES string of the molecule is O=c1c2ccccc2nc(C2CCCN2C2CCCC2)n1CC(F)F. The molecule has 0 N–H and O–H groups in total. The fourth-order valence-corrected chi connectivity index (χ4v) is 4.49. The second kappa shape index (κ2) is 6.83. The molecular formula is C19H23F2N3O. The first kappa shape index (κ1) is 16.6. The van der Waals surface area contributed by atoms with Gasteiger partial charge in [-0.1, -0.05) is 25.0 Å². The molecule has 2 aromatic rings. The number of rotatable bonds is 4. The molecule has 134 valence electrons. The van der Waals surface area contributed by atoms with Crippen LogP contribution in [0.15, 0.2) is 29.1 Å². The first-order valence-corrected chi connectivity index (χ1v) is 9.18. The Morgan fingerprint density at radius 3 is 2.64 bits per heavy atom. The largest absolute Gasteiger partial charge is 0.290 e. The number of nitrogens with zero attached hydrogens (tertiary/aromatic N) is 3. The Bertz CT molecular complexity index is 814. The number of hydrogen-bond acceptors (Lipinski definition) is 3. The van der Waals surface area contributed by atoms with Gasteiger partial charge in [0.2, 0.25) is 0 Å². The van der Waals surface area contributed by atoms with Crippen molar-refractivity contribution in [3.8, 4) is 0 Å². The van der Waals surface area contributed by atoms with E-state index in [9.17, 15) is 13.6 Å². The highest BCUT2D eigenvalue weighted by atomic mass is 19.3. The maximum Gasteiger partial charge on any atom is 0.261 e. The Morgan fingerprint density at radius 2 is 1.88 bits per heavy atom. The van der Waals surface area contributed by atoms with E-state index < -0.39 is 13.0 Å². The smallest absolute Gasteiger partial charge is 0.261 e. The van der Waals surface area contributed by atoms with Crippen molar-refractivity contribution in [3.05, 3.63) is 40.4 Å². The zero-order chi connectivity index (χ0) is 17.4. The molecule has 2 fully saturated rings. The third-order valence-electron chi connectivity index (χ3n) is 5.60. The Kier molecular flexibility index (Phi) is 4.54. The van der Waals surface area contributed by atoms with Gasteiger partial charge in [-0.2, -0.15) is 0 Å². The number of aromatic nitrogens is 2. The molecule has 1 aliphatic heterocycles. The predicted molar refractivity (Wildman–Crippen MR) is 92.9 cm³/mol.